The van der Waals surface area contributed by atoms with Crippen LogP contribution in [-0.4, -0.2) is 29.2 Å². The highest BCUT2D eigenvalue weighted by molar-refractivity contribution is 5.61. The van der Waals surface area contributed by atoms with E-state index in [1.54, 1.807) is 7.11 Å². The van der Waals surface area contributed by atoms with Crippen LogP contribution in [0.3, 0.4) is 0 Å². The minimum absolute atomic E-state index is 0.0807. The van der Waals surface area contributed by atoms with Crippen LogP contribution in [0.5, 0.6) is 5.75 Å². The van der Waals surface area contributed by atoms with Crippen molar-refractivity contribution in [2.45, 2.75) is 32.7 Å². The van der Waals surface area contributed by atoms with Crippen LogP contribution < -0.4 is 15.4 Å². The summed E-state index contributed by atoms with van der Waals surface area (Å²) < 4.78 is 5.21. The van der Waals surface area contributed by atoms with Crippen LogP contribution in [0.4, 0.5) is 11.6 Å². The number of methoxy groups -OCH3 is 1. The first-order valence-corrected chi connectivity index (χ1v) is 9.52. The molecule has 3 rings (SSSR count). The summed E-state index contributed by atoms with van der Waals surface area (Å²) in [6.07, 6.45) is 0.900. The summed E-state index contributed by atoms with van der Waals surface area (Å²) in [5, 5.41) is 6.88. The second kappa shape index (κ2) is 8.74. The third-order valence-electron chi connectivity index (χ3n) is 4.14. The highest BCUT2D eigenvalue weighted by Gasteiger charge is 2.13. The zero-order valence-corrected chi connectivity index (χ0v) is 17.0. The molecule has 0 aliphatic rings. The van der Waals surface area contributed by atoms with Gasteiger partial charge in [-0.2, -0.15) is 0 Å². The predicted molar refractivity (Wildman–Crippen MR) is 116 cm³/mol. The van der Waals surface area contributed by atoms with Gasteiger partial charge in [0.15, 0.2) is 5.82 Å². The van der Waals surface area contributed by atoms with Crippen LogP contribution in [0.1, 0.15) is 26.3 Å². The summed E-state index contributed by atoms with van der Waals surface area (Å²) in [6.45, 7) is 7.14. The minimum Gasteiger partial charge on any atom is -0.497 e. The second-order valence-corrected chi connectivity index (χ2v) is 7.73. The van der Waals surface area contributed by atoms with Crippen molar-refractivity contribution >= 4 is 11.6 Å². The molecular formula is C23H28N4O. The molecule has 0 aliphatic carbocycles. The van der Waals surface area contributed by atoms with Crippen LogP contribution in [0.25, 0.3) is 11.4 Å². The number of ether oxygens (including phenoxy) is 1. The van der Waals surface area contributed by atoms with Crippen molar-refractivity contribution in [1.29, 1.82) is 0 Å². The molecule has 28 heavy (non-hydrogen) atoms. The highest BCUT2D eigenvalue weighted by Crippen LogP contribution is 2.22. The van der Waals surface area contributed by atoms with Crippen molar-refractivity contribution in [3.63, 3.8) is 0 Å². The third kappa shape index (κ3) is 5.71. The molecule has 5 heteroatoms. The summed E-state index contributed by atoms with van der Waals surface area (Å²) in [6, 6.07) is 20.1. The van der Waals surface area contributed by atoms with E-state index < -0.39 is 0 Å². The van der Waals surface area contributed by atoms with E-state index in [1.165, 1.54) is 5.56 Å². The number of aromatic nitrogens is 2. The Balaban J connectivity index is 1.75. The van der Waals surface area contributed by atoms with Gasteiger partial charge >= 0.3 is 0 Å². The lowest BCUT2D eigenvalue weighted by atomic mass is 10.1. The highest BCUT2D eigenvalue weighted by atomic mass is 16.5. The molecule has 0 unspecified atom stereocenters. The maximum absolute atomic E-state index is 5.21. The fourth-order valence-corrected chi connectivity index (χ4v) is 2.83. The van der Waals surface area contributed by atoms with Crippen LogP contribution in [-0.2, 0) is 6.42 Å². The molecule has 1 aromatic heterocycles. The van der Waals surface area contributed by atoms with Crippen molar-refractivity contribution in [3.8, 4) is 17.1 Å². The lowest BCUT2D eigenvalue weighted by Crippen LogP contribution is -2.27. The van der Waals surface area contributed by atoms with Gasteiger partial charge < -0.3 is 15.4 Å². The first-order chi connectivity index (χ1) is 13.4. The number of hydrogen-bond donors (Lipinski definition) is 2. The molecule has 0 bridgehead atoms. The van der Waals surface area contributed by atoms with E-state index in [0.29, 0.717) is 5.82 Å². The Morgan fingerprint density at radius 1 is 0.893 bits per heavy atom. The number of nitrogens with one attached hydrogen (secondary N) is 2. The standard InChI is InChI=1S/C23H28N4O/c1-23(2,3)27-21-16-20(25-22(26-21)18-8-6-5-7-9-18)24-15-14-17-10-12-19(28-4)13-11-17/h5-13,16H,14-15H2,1-4H3,(H2,24,25,26,27). The van der Waals surface area contributed by atoms with E-state index in [0.717, 1.165) is 35.9 Å². The lowest BCUT2D eigenvalue weighted by Gasteiger charge is -2.22. The topological polar surface area (TPSA) is 59.1 Å². The van der Waals surface area contributed by atoms with Gasteiger partial charge in [-0.1, -0.05) is 42.5 Å². The normalized spacial score (nSPS) is 11.1. The van der Waals surface area contributed by atoms with E-state index in [1.807, 2.05) is 48.5 Å². The van der Waals surface area contributed by atoms with E-state index in [2.05, 4.69) is 43.5 Å². The Labute approximate surface area is 167 Å². The number of hydrogen-bond acceptors (Lipinski definition) is 5. The van der Waals surface area contributed by atoms with Crippen molar-refractivity contribution in [3.05, 3.63) is 66.2 Å². The zero-order valence-electron chi connectivity index (χ0n) is 17.0. The van der Waals surface area contributed by atoms with Gasteiger partial charge in [-0.25, -0.2) is 9.97 Å². The van der Waals surface area contributed by atoms with Crippen molar-refractivity contribution < 1.29 is 4.74 Å². The van der Waals surface area contributed by atoms with Gasteiger partial charge in [0.05, 0.1) is 7.11 Å². The minimum atomic E-state index is -0.0807. The third-order valence-corrected chi connectivity index (χ3v) is 4.14. The average Bonchev–Trinajstić information content (AvgIpc) is 2.68. The lowest BCUT2D eigenvalue weighted by molar-refractivity contribution is 0.414. The fraction of sp³-hybridized carbons (Fsp3) is 0.304. The van der Waals surface area contributed by atoms with Gasteiger partial charge in [-0.15, -0.1) is 0 Å². The molecule has 0 radical (unpaired) electrons. The van der Waals surface area contributed by atoms with Gasteiger partial charge in [-0.3, -0.25) is 0 Å². The molecule has 2 aromatic carbocycles. The molecule has 0 spiro atoms. The van der Waals surface area contributed by atoms with Crippen molar-refractivity contribution in [2.75, 3.05) is 24.3 Å². The molecule has 0 amide bonds. The predicted octanol–water partition coefficient (Wildman–Crippen LogP) is 5.02. The molecule has 2 N–H and O–H groups in total. The molecule has 1 heterocycles. The Bertz CT molecular complexity index is 887. The zero-order chi connectivity index (χ0) is 20.0. The quantitative estimate of drug-likeness (QED) is 0.606. The molecule has 5 nitrogen and oxygen atoms in total. The summed E-state index contributed by atoms with van der Waals surface area (Å²) in [4.78, 5) is 9.41. The molecule has 0 atom stereocenters. The molecule has 0 fully saturated rings. The Hall–Kier alpha value is -3.08. The van der Waals surface area contributed by atoms with E-state index in [-0.39, 0.29) is 5.54 Å². The molecule has 3 aromatic rings. The second-order valence-electron chi connectivity index (χ2n) is 7.73. The van der Waals surface area contributed by atoms with Crippen LogP contribution in [0.2, 0.25) is 0 Å². The van der Waals surface area contributed by atoms with E-state index in [4.69, 9.17) is 14.7 Å². The summed E-state index contributed by atoms with van der Waals surface area (Å²) >= 11 is 0. The van der Waals surface area contributed by atoms with Crippen LogP contribution >= 0.6 is 0 Å². The number of anilines is 2. The molecule has 0 aliphatic heterocycles. The largest absolute Gasteiger partial charge is 0.497 e. The van der Waals surface area contributed by atoms with Gasteiger partial charge in [0.2, 0.25) is 0 Å². The smallest absolute Gasteiger partial charge is 0.163 e. The summed E-state index contributed by atoms with van der Waals surface area (Å²) in [5.41, 5.74) is 2.17. The summed E-state index contributed by atoms with van der Waals surface area (Å²) in [5.74, 6) is 3.21. The Kier molecular flexibility index (Phi) is 6.14. The number of benzene rings is 2. The Morgan fingerprint density at radius 2 is 1.57 bits per heavy atom. The monoisotopic (exact) mass is 376 g/mol. The van der Waals surface area contributed by atoms with Gasteiger partial charge in [0, 0.05) is 23.7 Å². The van der Waals surface area contributed by atoms with Gasteiger partial charge in [0.1, 0.15) is 17.4 Å². The molecule has 0 saturated carbocycles. The van der Waals surface area contributed by atoms with Crippen molar-refractivity contribution in [2.24, 2.45) is 0 Å². The number of nitrogens with zero attached hydrogens (tertiary/aromatic N) is 2. The SMILES string of the molecule is COc1ccc(CCNc2cc(NC(C)(C)C)nc(-c3ccccc3)n2)cc1. The molecule has 0 saturated heterocycles. The summed E-state index contributed by atoms with van der Waals surface area (Å²) in [7, 11) is 1.68. The molecular weight excluding hydrogens is 348 g/mol. The van der Waals surface area contributed by atoms with Crippen LogP contribution in [0.15, 0.2) is 60.7 Å². The molecule has 146 valence electrons. The Morgan fingerprint density at radius 3 is 2.21 bits per heavy atom. The van der Waals surface area contributed by atoms with Gasteiger partial charge in [0.25, 0.3) is 0 Å². The van der Waals surface area contributed by atoms with E-state index in [9.17, 15) is 0 Å². The first-order valence-electron chi connectivity index (χ1n) is 9.52. The van der Waals surface area contributed by atoms with Crippen LogP contribution in [0, 0.1) is 0 Å². The maximum atomic E-state index is 5.21. The number of rotatable bonds is 7. The van der Waals surface area contributed by atoms with E-state index >= 15 is 0 Å². The fourth-order valence-electron chi connectivity index (χ4n) is 2.83. The first kappa shape index (κ1) is 19.7. The average molecular weight is 377 g/mol. The van der Waals surface area contributed by atoms with Gasteiger partial charge in [-0.05, 0) is 44.9 Å². The van der Waals surface area contributed by atoms with Crippen molar-refractivity contribution in [1.82, 2.24) is 9.97 Å². The maximum Gasteiger partial charge on any atom is 0.163 e.